The summed E-state index contributed by atoms with van der Waals surface area (Å²) in [5, 5.41) is 11.3. The van der Waals surface area contributed by atoms with Crippen molar-refractivity contribution >= 4 is 27.3 Å². The van der Waals surface area contributed by atoms with Crippen molar-refractivity contribution in [1.29, 1.82) is 0 Å². The predicted molar refractivity (Wildman–Crippen MR) is 81.4 cm³/mol. The van der Waals surface area contributed by atoms with Crippen LogP contribution >= 0.6 is 27.3 Å². The SMILES string of the molecule is OC1(c2scnc2Br)CCCCC1c1ccccc1. The molecule has 1 aliphatic carbocycles. The molecule has 1 aromatic heterocycles. The van der Waals surface area contributed by atoms with Gasteiger partial charge in [-0.2, -0.15) is 0 Å². The van der Waals surface area contributed by atoms with Crippen LogP contribution < -0.4 is 0 Å². The molecule has 19 heavy (non-hydrogen) atoms. The highest BCUT2D eigenvalue weighted by Crippen LogP contribution is 2.50. The van der Waals surface area contributed by atoms with Gasteiger partial charge in [-0.3, -0.25) is 0 Å². The van der Waals surface area contributed by atoms with Gasteiger partial charge in [0.2, 0.25) is 0 Å². The predicted octanol–water partition coefficient (Wildman–Crippen LogP) is 4.45. The fraction of sp³-hybridized carbons (Fsp3) is 0.400. The van der Waals surface area contributed by atoms with Crippen molar-refractivity contribution in [2.24, 2.45) is 0 Å². The van der Waals surface area contributed by atoms with Crippen molar-refractivity contribution in [3.63, 3.8) is 0 Å². The van der Waals surface area contributed by atoms with Crippen LogP contribution in [-0.4, -0.2) is 10.1 Å². The summed E-state index contributed by atoms with van der Waals surface area (Å²) in [5.41, 5.74) is 2.25. The molecule has 1 aromatic carbocycles. The van der Waals surface area contributed by atoms with Gasteiger partial charge in [0.25, 0.3) is 0 Å². The van der Waals surface area contributed by atoms with E-state index in [1.54, 1.807) is 16.8 Å². The van der Waals surface area contributed by atoms with E-state index in [1.165, 1.54) is 12.0 Å². The fourth-order valence-electron chi connectivity index (χ4n) is 3.07. The van der Waals surface area contributed by atoms with Crippen molar-refractivity contribution in [2.45, 2.75) is 37.2 Å². The number of hydrogen-bond donors (Lipinski definition) is 1. The van der Waals surface area contributed by atoms with Crippen LogP contribution in [0.15, 0.2) is 40.4 Å². The van der Waals surface area contributed by atoms with E-state index in [9.17, 15) is 5.11 Å². The molecule has 0 saturated heterocycles. The molecular weight excluding hydrogens is 322 g/mol. The van der Waals surface area contributed by atoms with Crippen LogP contribution in [0.25, 0.3) is 0 Å². The van der Waals surface area contributed by atoms with E-state index in [-0.39, 0.29) is 5.92 Å². The lowest BCUT2D eigenvalue weighted by molar-refractivity contribution is -0.0199. The van der Waals surface area contributed by atoms with Crippen molar-refractivity contribution in [3.05, 3.63) is 50.9 Å². The highest BCUT2D eigenvalue weighted by molar-refractivity contribution is 9.10. The number of halogens is 1. The Labute approximate surface area is 125 Å². The molecule has 2 nitrogen and oxygen atoms in total. The average Bonchev–Trinajstić information content (AvgIpc) is 2.87. The van der Waals surface area contributed by atoms with Crippen molar-refractivity contribution < 1.29 is 5.11 Å². The molecule has 100 valence electrons. The lowest BCUT2D eigenvalue weighted by Gasteiger charge is -2.39. The highest BCUT2D eigenvalue weighted by Gasteiger charge is 2.43. The van der Waals surface area contributed by atoms with Crippen molar-refractivity contribution in [2.75, 3.05) is 0 Å². The largest absolute Gasteiger partial charge is 0.384 e. The van der Waals surface area contributed by atoms with Gasteiger partial charge >= 0.3 is 0 Å². The zero-order valence-electron chi connectivity index (χ0n) is 10.6. The van der Waals surface area contributed by atoms with Crippen LogP contribution in [0, 0.1) is 0 Å². The fourth-order valence-corrected chi connectivity index (χ4v) is 4.79. The summed E-state index contributed by atoms with van der Waals surface area (Å²) in [6.07, 6.45) is 4.10. The van der Waals surface area contributed by atoms with Gasteiger partial charge in [0.1, 0.15) is 10.2 Å². The topological polar surface area (TPSA) is 33.1 Å². The van der Waals surface area contributed by atoms with Crippen LogP contribution in [0.2, 0.25) is 0 Å². The molecule has 0 aliphatic heterocycles. The summed E-state index contributed by atoms with van der Waals surface area (Å²) < 4.78 is 0.794. The normalized spacial score (nSPS) is 27.4. The molecule has 1 fully saturated rings. The molecular formula is C15H16BrNOS. The third kappa shape index (κ3) is 2.37. The zero-order chi connectivity index (χ0) is 13.3. The molecule has 2 aromatic rings. The maximum atomic E-state index is 11.3. The monoisotopic (exact) mass is 337 g/mol. The van der Waals surface area contributed by atoms with Gasteiger partial charge in [-0.25, -0.2) is 4.98 Å². The van der Waals surface area contributed by atoms with Gasteiger partial charge < -0.3 is 5.11 Å². The second-order valence-corrected chi connectivity index (χ2v) is 6.71. The summed E-state index contributed by atoms with van der Waals surface area (Å²) in [4.78, 5) is 5.21. The lowest BCUT2D eigenvalue weighted by atomic mass is 9.71. The number of rotatable bonds is 2. The molecule has 1 heterocycles. The quantitative estimate of drug-likeness (QED) is 0.877. The first kappa shape index (κ1) is 13.3. The Kier molecular flexibility index (Phi) is 3.74. The lowest BCUT2D eigenvalue weighted by Crippen LogP contribution is -2.36. The van der Waals surface area contributed by atoms with Crippen LogP contribution in [0.5, 0.6) is 0 Å². The number of aliphatic hydroxyl groups is 1. The van der Waals surface area contributed by atoms with Gasteiger partial charge in [0.05, 0.1) is 10.4 Å². The minimum Gasteiger partial charge on any atom is -0.384 e. The standard InChI is InChI=1S/C15H16BrNOS/c16-14-13(19-10-17-14)15(18)9-5-4-8-12(15)11-6-2-1-3-7-11/h1-3,6-7,10,12,18H,4-5,8-9H2. The van der Waals surface area contributed by atoms with Crippen LogP contribution in [0.1, 0.15) is 42.0 Å². The van der Waals surface area contributed by atoms with Gasteiger partial charge in [0.15, 0.2) is 0 Å². The second kappa shape index (κ2) is 5.35. The van der Waals surface area contributed by atoms with E-state index in [0.29, 0.717) is 0 Å². The molecule has 0 radical (unpaired) electrons. The summed E-state index contributed by atoms with van der Waals surface area (Å²) in [5.74, 6) is 0.166. The number of thiazole rings is 1. The maximum Gasteiger partial charge on any atom is 0.123 e. The molecule has 0 spiro atoms. The first-order valence-electron chi connectivity index (χ1n) is 6.58. The summed E-state index contributed by atoms with van der Waals surface area (Å²) in [7, 11) is 0. The molecule has 2 atom stereocenters. The van der Waals surface area contributed by atoms with Gasteiger partial charge in [-0.15, -0.1) is 11.3 Å². The average molecular weight is 338 g/mol. The van der Waals surface area contributed by atoms with E-state index in [2.05, 4.69) is 33.0 Å². The van der Waals surface area contributed by atoms with E-state index < -0.39 is 5.60 Å². The molecule has 4 heteroatoms. The Balaban J connectivity index is 2.04. The molecule has 0 bridgehead atoms. The maximum absolute atomic E-state index is 11.3. The van der Waals surface area contributed by atoms with Crippen molar-refractivity contribution in [1.82, 2.24) is 4.98 Å². The molecule has 1 aliphatic rings. The highest BCUT2D eigenvalue weighted by atomic mass is 79.9. The Hall–Kier alpha value is -0.710. The van der Waals surface area contributed by atoms with Crippen LogP contribution in [-0.2, 0) is 5.60 Å². The van der Waals surface area contributed by atoms with Crippen LogP contribution in [0.4, 0.5) is 0 Å². The molecule has 0 amide bonds. The van der Waals surface area contributed by atoms with Crippen molar-refractivity contribution in [3.8, 4) is 0 Å². The Morgan fingerprint density at radius 3 is 2.74 bits per heavy atom. The number of benzene rings is 1. The number of hydrogen-bond acceptors (Lipinski definition) is 3. The zero-order valence-corrected chi connectivity index (χ0v) is 13.0. The summed E-state index contributed by atoms with van der Waals surface area (Å²) in [6.45, 7) is 0. The Morgan fingerprint density at radius 1 is 1.26 bits per heavy atom. The van der Waals surface area contributed by atoms with Crippen LogP contribution in [0.3, 0.4) is 0 Å². The minimum absolute atomic E-state index is 0.166. The third-order valence-electron chi connectivity index (χ3n) is 4.00. The van der Waals surface area contributed by atoms with Gasteiger partial charge in [-0.05, 0) is 34.3 Å². The molecule has 2 unspecified atom stereocenters. The van der Waals surface area contributed by atoms with Gasteiger partial charge in [0, 0.05) is 5.92 Å². The first-order valence-corrected chi connectivity index (χ1v) is 8.26. The third-order valence-corrected chi connectivity index (χ3v) is 5.85. The molecule has 1 N–H and O–H groups in total. The molecule has 1 saturated carbocycles. The Morgan fingerprint density at radius 2 is 2.05 bits per heavy atom. The van der Waals surface area contributed by atoms with E-state index >= 15 is 0 Å². The second-order valence-electron chi connectivity index (χ2n) is 5.11. The minimum atomic E-state index is -0.778. The Bertz CT molecular complexity index is 556. The number of aromatic nitrogens is 1. The number of nitrogens with zero attached hydrogens (tertiary/aromatic N) is 1. The molecule has 3 rings (SSSR count). The first-order chi connectivity index (χ1) is 9.22. The van der Waals surface area contributed by atoms with Gasteiger partial charge in [-0.1, -0.05) is 43.2 Å². The smallest absolute Gasteiger partial charge is 0.123 e. The van der Waals surface area contributed by atoms with E-state index in [1.807, 2.05) is 18.2 Å². The van der Waals surface area contributed by atoms with E-state index in [0.717, 1.165) is 28.7 Å². The van der Waals surface area contributed by atoms with E-state index in [4.69, 9.17) is 0 Å². The summed E-state index contributed by atoms with van der Waals surface area (Å²) in [6, 6.07) is 10.4. The summed E-state index contributed by atoms with van der Waals surface area (Å²) >= 11 is 5.02.